The fourth-order valence-electron chi connectivity index (χ4n) is 1.17. The first-order chi connectivity index (χ1) is 7.20. The molecule has 0 aliphatic rings. The second-order valence-corrected chi connectivity index (χ2v) is 3.98. The number of carboxylic acid groups (broad SMARTS) is 1. The Kier molecular flexibility index (Phi) is 2.55. The zero-order chi connectivity index (χ0) is 10.8. The molecule has 15 heavy (non-hydrogen) atoms. The van der Waals surface area contributed by atoms with Gasteiger partial charge in [0.05, 0.1) is 6.20 Å². The van der Waals surface area contributed by atoms with Crippen LogP contribution in [0.5, 0.6) is 0 Å². The van der Waals surface area contributed by atoms with E-state index in [1.165, 1.54) is 6.20 Å². The summed E-state index contributed by atoms with van der Waals surface area (Å²) in [5.41, 5.74) is 0. The van der Waals surface area contributed by atoms with Crippen LogP contribution in [0, 0.1) is 0 Å². The summed E-state index contributed by atoms with van der Waals surface area (Å²) in [4.78, 5) is 14.9. The number of rotatable bonds is 3. The lowest BCUT2D eigenvalue weighted by Gasteiger charge is -1.88. The van der Waals surface area contributed by atoms with Crippen molar-refractivity contribution in [1.29, 1.82) is 0 Å². The standard InChI is InChI=1S/C10H9NO3S/c1-2-6-3-4-7(14-6)9-11-5-8(15-9)10(12)13/h3-5H,2H2,1H3,(H,12,13). The molecule has 0 aliphatic heterocycles. The van der Waals surface area contributed by atoms with Gasteiger partial charge in [0, 0.05) is 6.42 Å². The summed E-state index contributed by atoms with van der Waals surface area (Å²) >= 11 is 1.11. The Morgan fingerprint density at radius 1 is 1.60 bits per heavy atom. The molecule has 2 aromatic heterocycles. The Bertz CT molecular complexity index is 486. The summed E-state index contributed by atoms with van der Waals surface area (Å²) in [6.45, 7) is 1.99. The van der Waals surface area contributed by atoms with E-state index >= 15 is 0 Å². The van der Waals surface area contributed by atoms with E-state index in [0.717, 1.165) is 23.5 Å². The number of thiazole rings is 1. The average molecular weight is 223 g/mol. The highest BCUT2D eigenvalue weighted by atomic mass is 32.1. The van der Waals surface area contributed by atoms with Crippen molar-refractivity contribution in [2.75, 3.05) is 0 Å². The molecule has 2 heterocycles. The predicted octanol–water partition coefficient (Wildman–Crippen LogP) is 2.66. The van der Waals surface area contributed by atoms with Gasteiger partial charge in [-0.1, -0.05) is 6.92 Å². The normalized spacial score (nSPS) is 10.5. The molecule has 0 amide bonds. The maximum atomic E-state index is 10.6. The van der Waals surface area contributed by atoms with Crippen LogP contribution in [-0.4, -0.2) is 16.1 Å². The Hall–Kier alpha value is -1.62. The molecule has 0 fully saturated rings. The SMILES string of the molecule is CCc1ccc(-c2ncc(C(=O)O)s2)o1. The van der Waals surface area contributed by atoms with E-state index in [9.17, 15) is 4.79 Å². The van der Waals surface area contributed by atoms with Crippen LogP contribution in [0.25, 0.3) is 10.8 Å². The van der Waals surface area contributed by atoms with Gasteiger partial charge in [-0.05, 0) is 12.1 Å². The summed E-state index contributed by atoms with van der Waals surface area (Å²) in [7, 11) is 0. The molecule has 0 saturated carbocycles. The molecule has 0 aromatic carbocycles. The number of aromatic nitrogens is 1. The molecular weight excluding hydrogens is 214 g/mol. The van der Waals surface area contributed by atoms with Crippen molar-refractivity contribution in [1.82, 2.24) is 4.98 Å². The molecule has 0 aliphatic carbocycles. The first kappa shape index (κ1) is 9.92. The molecule has 0 bridgehead atoms. The van der Waals surface area contributed by atoms with Crippen molar-refractivity contribution < 1.29 is 14.3 Å². The highest BCUT2D eigenvalue weighted by molar-refractivity contribution is 7.16. The maximum Gasteiger partial charge on any atom is 0.347 e. The number of aryl methyl sites for hydroxylation is 1. The lowest BCUT2D eigenvalue weighted by atomic mass is 10.4. The van der Waals surface area contributed by atoms with Crippen LogP contribution in [0.4, 0.5) is 0 Å². The first-order valence-corrected chi connectivity index (χ1v) is 5.30. The number of hydrogen-bond donors (Lipinski definition) is 1. The lowest BCUT2D eigenvalue weighted by Crippen LogP contribution is -1.89. The third-order valence-corrected chi connectivity index (χ3v) is 2.94. The number of furan rings is 1. The molecule has 4 nitrogen and oxygen atoms in total. The van der Waals surface area contributed by atoms with Gasteiger partial charge in [-0.3, -0.25) is 0 Å². The van der Waals surface area contributed by atoms with Gasteiger partial charge >= 0.3 is 5.97 Å². The molecule has 0 atom stereocenters. The van der Waals surface area contributed by atoms with E-state index in [0.29, 0.717) is 10.8 Å². The van der Waals surface area contributed by atoms with E-state index in [1.807, 2.05) is 19.1 Å². The summed E-state index contributed by atoms with van der Waals surface area (Å²) in [6, 6.07) is 3.68. The predicted molar refractivity (Wildman–Crippen MR) is 56.2 cm³/mol. The molecule has 5 heteroatoms. The molecule has 78 valence electrons. The minimum atomic E-state index is -0.957. The molecule has 2 rings (SSSR count). The van der Waals surface area contributed by atoms with Gasteiger partial charge in [-0.15, -0.1) is 11.3 Å². The highest BCUT2D eigenvalue weighted by Crippen LogP contribution is 2.26. The van der Waals surface area contributed by atoms with Crippen molar-refractivity contribution in [2.24, 2.45) is 0 Å². The topological polar surface area (TPSA) is 63.3 Å². The minimum absolute atomic E-state index is 0.222. The first-order valence-electron chi connectivity index (χ1n) is 4.49. The van der Waals surface area contributed by atoms with E-state index in [-0.39, 0.29) is 4.88 Å². The Morgan fingerprint density at radius 3 is 2.93 bits per heavy atom. The molecule has 0 saturated heterocycles. The Balaban J connectivity index is 2.32. The van der Waals surface area contributed by atoms with Crippen LogP contribution in [-0.2, 0) is 6.42 Å². The van der Waals surface area contributed by atoms with Gasteiger partial charge in [-0.2, -0.15) is 0 Å². The molecular formula is C10H9NO3S. The zero-order valence-electron chi connectivity index (χ0n) is 8.06. The second kappa shape index (κ2) is 3.86. The third kappa shape index (κ3) is 1.92. The van der Waals surface area contributed by atoms with E-state index in [1.54, 1.807) is 0 Å². The molecule has 0 unspecified atom stereocenters. The van der Waals surface area contributed by atoms with Crippen LogP contribution >= 0.6 is 11.3 Å². The van der Waals surface area contributed by atoms with Gasteiger partial charge in [-0.25, -0.2) is 9.78 Å². The van der Waals surface area contributed by atoms with Gasteiger partial charge in [0.2, 0.25) is 0 Å². The maximum absolute atomic E-state index is 10.6. The Labute approximate surface area is 90.2 Å². The van der Waals surface area contributed by atoms with Crippen molar-refractivity contribution in [3.05, 3.63) is 29.0 Å². The number of aromatic carboxylic acids is 1. The van der Waals surface area contributed by atoms with Crippen LogP contribution in [0.15, 0.2) is 22.7 Å². The second-order valence-electron chi connectivity index (χ2n) is 2.95. The van der Waals surface area contributed by atoms with E-state index in [4.69, 9.17) is 9.52 Å². The number of hydrogen-bond acceptors (Lipinski definition) is 4. The smallest absolute Gasteiger partial charge is 0.347 e. The highest BCUT2D eigenvalue weighted by Gasteiger charge is 2.12. The monoisotopic (exact) mass is 223 g/mol. The zero-order valence-corrected chi connectivity index (χ0v) is 8.87. The fourth-order valence-corrected chi connectivity index (χ4v) is 1.89. The van der Waals surface area contributed by atoms with Crippen LogP contribution < -0.4 is 0 Å². The van der Waals surface area contributed by atoms with Crippen molar-refractivity contribution >= 4 is 17.3 Å². The number of nitrogens with zero attached hydrogens (tertiary/aromatic N) is 1. The minimum Gasteiger partial charge on any atom is -0.477 e. The van der Waals surface area contributed by atoms with E-state index < -0.39 is 5.97 Å². The molecule has 2 aromatic rings. The summed E-state index contributed by atoms with van der Waals surface area (Å²) < 4.78 is 5.47. The van der Waals surface area contributed by atoms with E-state index in [2.05, 4.69) is 4.98 Å². The summed E-state index contributed by atoms with van der Waals surface area (Å²) in [5, 5.41) is 9.34. The van der Waals surface area contributed by atoms with Gasteiger partial charge < -0.3 is 9.52 Å². The fraction of sp³-hybridized carbons (Fsp3) is 0.200. The van der Waals surface area contributed by atoms with Gasteiger partial charge in [0.1, 0.15) is 10.6 Å². The van der Waals surface area contributed by atoms with Crippen molar-refractivity contribution in [2.45, 2.75) is 13.3 Å². The summed E-state index contributed by atoms with van der Waals surface area (Å²) in [6.07, 6.45) is 2.16. The number of carboxylic acids is 1. The average Bonchev–Trinajstić information content (AvgIpc) is 2.86. The van der Waals surface area contributed by atoms with Crippen molar-refractivity contribution in [3.8, 4) is 10.8 Å². The lowest BCUT2D eigenvalue weighted by molar-refractivity contribution is 0.0702. The molecule has 1 N–H and O–H groups in total. The largest absolute Gasteiger partial charge is 0.477 e. The van der Waals surface area contributed by atoms with Crippen LogP contribution in [0.1, 0.15) is 22.4 Å². The molecule has 0 radical (unpaired) electrons. The van der Waals surface area contributed by atoms with Gasteiger partial charge in [0.25, 0.3) is 0 Å². The van der Waals surface area contributed by atoms with Crippen LogP contribution in [0.2, 0.25) is 0 Å². The van der Waals surface area contributed by atoms with Crippen molar-refractivity contribution in [3.63, 3.8) is 0 Å². The summed E-state index contributed by atoms with van der Waals surface area (Å²) in [5.74, 6) is 0.544. The number of carbonyl (C=O) groups is 1. The quantitative estimate of drug-likeness (QED) is 0.868. The van der Waals surface area contributed by atoms with Crippen LogP contribution in [0.3, 0.4) is 0 Å². The van der Waals surface area contributed by atoms with Gasteiger partial charge in [0.15, 0.2) is 10.8 Å². The third-order valence-electron chi connectivity index (χ3n) is 1.94. The Morgan fingerprint density at radius 2 is 2.40 bits per heavy atom. The molecule has 0 spiro atoms.